The maximum Gasteiger partial charge on any atom is 0.312 e. The predicted octanol–water partition coefficient (Wildman–Crippen LogP) is 3.64. The summed E-state index contributed by atoms with van der Waals surface area (Å²) >= 11 is 0. The molecule has 1 spiro atoms. The minimum Gasteiger partial charge on any atom is -0.466 e. The summed E-state index contributed by atoms with van der Waals surface area (Å²) in [4.78, 5) is 45.5. The fourth-order valence-corrected chi connectivity index (χ4v) is 7.06. The lowest BCUT2D eigenvalue weighted by molar-refractivity contribution is -0.163. The average molecular weight is 527 g/mol. The Balaban J connectivity index is 1.84. The largest absolute Gasteiger partial charge is 0.466 e. The van der Waals surface area contributed by atoms with Crippen molar-refractivity contribution in [2.75, 3.05) is 26.3 Å². The van der Waals surface area contributed by atoms with E-state index < -0.39 is 41.1 Å². The number of rotatable bonds is 13. The topological polar surface area (TPSA) is 96.4 Å². The Morgan fingerprint density at radius 3 is 2.58 bits per heavy atom. The summed E-state index contributed by atoms with van der Waals surface area (Å²) in [5, 5.41) is 10.6. The summed E-state index contributed by atoms with van der Waals surface area (Å²) in [6.45, 7) is 10.4. The van der Waals surface area contributed by atoms with Gasteiger partial charge in [0.2, 0.25) is 11.8 Å². The van der Waals surface area contributed by atoms with E-state index in [4.69, 9.17) is 9.47 Å². The number of carbonyl (C=O) groups is 3. The number of esters is 1. The van der Waals surface area contributed by atoms with Crippen molar-refractivity contribution in [1.82, 2.24) is 9.80 Å². The zero-order chi connectivity index (χ0) is 27.5. The molecule has 6 atom stereocenters. The number of fused-ring (bicyclic) bond motifs is 1. The Morgan fingerprint density at radius 2 is 1.97 bits per heavy atom. The molecule has 38 heavy (non-hydrogen) atoms. The molecule has 8 heteroatoms. The van der Waals surface area contributed by atoms with Gasteiger partial charge in [0.15, 0.2) is 0 Å². The third kappa shape index (κ3) is 4.45. The van der Waals surface area contributed by atoms with Crippen LogP contribution in [0, 0.1) is 11.8 Å². The van der Waals surface area contributed by atoms with Gasteiger partial charge in [0.25, 0.3) is 0 Å². The van der Waals surface area contributed by atoms with Crippen LogP contribution in [0.15, 0.2) is 43.0 Å². The average Bonchev–Trinajstić information content (AvgIpc) is 3.53. The highest BCUT2D eigenvalue weighted by molar-refractivity contribution is 5.99. The van der Waals surface area contributed by atoms with Gasteiger partial charge in [0.05, 0.1) is 30.8 Å². The van der Waals surface area contributed by atoms with Crippen molar-refractivity contribution in [3.8, 4) is 0 Å². The van der Waals surface area contributed by atoms with Gasteiger partial charge in [0.1, 0.15) is 17.6 Å². The van der Waals surface area contributed by atoms with Gasteiger partial charge >= 0.3 is 5.97 Å². The molecule has 1 N–H and O–H groups in total. The van der Waals surface area contributed by atoms with E-state index in [0.29, 0.717) is 32.4 Å². The Morgan fingerprint density at radius 1 is 1.24 bits per heavy atom. The molecule has 1 aromatic carbocycles. The van der Waals surface area contributed by atoms with E-state index in [1.54, 1.807) is 17.9 Å². The summed E-state index contributed by atoms with van der Waals surface area (Å²) in [5.74, 6) is -2.64. The van der Waals surface area contributed by atoms with Crippen LogP contribution in [-0.4, -0.2) is 76.2 Å². The second kappa shape index (κ2) is 11.6. The van der Waals surface area contributed by atoms with E-state index in [1.807, 2.05) is 37.3 Å². The van der Waals surface area contributed by atoms with Crippen LogP contribution in [0.2, 0.25) is 0 Å². The van der Waals surface area contributed by atoms with E-state index in [1.165, 1.54) is 4.90 Å². The zero-order valence-electron chi connectivity index (χ0n) is 22.9. The van der Waals surface area contributed by atoms with Gasteiger partial charge in [-0.15, -0.1) is 6.58 Å². The summed E-state index contributed by atoms with van der Waals surface area (Å²) in [7, 11) is 0. The van der Waals surface area contributed by atoms with Crippen molar-refractivity contribution in [2.45, 2.75) is 82.6 Å². The molecule has 3 aliphatic rings. The van der Waals surface area contributed by atoms with Crippen LogP contribution in [0.1, 0.15) is 70.9 Å². The van der Waals surface area contributed by atoms with Crippen LogP contribution >= 0.6 is 0 Å². The van der Waals surface area contributed by atoms with Gasteiger partial charge in [0, 0.05) is 13.1 Å². The number of hydrogen-bond acceptors (Lipinski definition) is 6. The number of ether oxygens (including phenoxy) is 2. The predicted molar refractivity (Wildman–Crippen MR) is 143 cm³/mol. The molecular formula is C30H42N2O6. The van der Waals surface area contributed by atoms with Crippen molar-refractivity contribution in [2.24, 2.45) is 11.8 Å². The zero-order valence-corrected chi connectivity index (χ0v) is 22.9. The van der Waals surface area contributed by atoms with Gasteiger partial charge in [-0.2, -0.15) is 0 Å². The molecule has 208 valence electrons. The molecule has 3 heterocycles. The van der Waals surface area contributed by atoms with Gasteiger partial charge in [-0.05, 0) is 38.2 Å². The molecule has 0 saturated carbocycles. The molecule has 2 amide bonds. The van der Waals surface area contributed by atoms with Crippen molar-refractivity contribution in [1.29, 1.82) is 0 Å². The molecule has 8 nitrogen and oxygen atoms in total. The van der Waals surface area contributed by atoms with E-state index in [-0.39, 0.29) is 25.0 Å². The van der Waals surface area contributed by atoms with Gasteiger partial charge < -0.3 is 24.4 Å². The summed E-state index contributed by atoms with van der Waals surface area (Å²) < 4.78 is 12.3. The molecule has 4 rings (SSSR count). The quantitative estimate of drug-likeness (QED) is 0.240. The Bertz CT molecular complexity index is 1030. The molecule has 3 aliphatic heterocycles. The molecular weight excluding hydrogens is 484 g/mol. The second-order valence-corrected chi connectivity index (χ2v) is 10.7. The van der Waals surface area contributed by atoms with E-state index in [2.05, 4.69) is 13.5 Å². The standard InChI is InChI=1S/C30H42N2O6/c1-5-9-13-19-31(18-6-2)27(35)25-30-17-16-29(7-3,38-30)24(28(36)37-8-4)23(30)26(34)32(25)22(20-33)21-14-11-10-12-15-21/h6,10-12,14-15,22-25,33H,2,5,7-9,13,16-20H2,1,3-4H3/t22-,23+,24+,25?,29-,30?/m1/s1. The van der Waals surface area contributed by atoms with Crippen LogP contribution in [-0.2, 0) is 23.9 Å². The lowest BCUT2D eigenvalue weighted by Gasteiger charge is -2.39. The number of aliphatic hydroxyl groups is 1. The SMILES string of the molecule is C=CCN(CCCCC)C(=O)C1N([C@H](CO)c2ccccc2)C(=O)[C@@H]2[C@@H](C(=O)OCC)[C@@]3(CC)CCC12O3. The van der Waals surface area contributed by atoms with Crippen molar-refractivity contribution < 1.29 is 29.0 Å². The highest BCUT2D eigenvalue weighted by atomic mass is 16.6. The Kier molecular flexibility index (Phi) is 8.62. The van der Waals surface area contributed by atoms with Crippen LogP contribution in [0.25, 0.3) is 0 Å². The fourth-order valence-electron chi connectivity index (χ4n) is 7.06. The van der Waals surface area contributed by atoms with E-state index in [9.17, 15) is 19.5 Å². The van der Waals surface area contributed by atoms with Gasteiger partial charge in [-0.1, -0.05) is 63.1 Å². The first-order chi connectivity index (χ1) is 18.4. The first-order valence-corrected chi connectivity index (χ1v) is 14.1. The van der Waals surface area contributed by atoms with Crippen molar-refractivity contribution in [3.05, 3.63) is 48.6 Å². The number of amides is 2. The van der Waals surface area contributed by atoms with Gasteiger partial charge in [-0.25, -0.2) is 0 Å². The second-order valence-electron chi connectivity index (χ2n) is 10.7. The maximum atomic E-state index is 14.5. The number of aliphatic hydroxyl groups excluding tert-OH is 1. The number of hydrogen-bond donors (Lipinski definition) is 1. The number of nitrogens with zero attached hydrogens (tertiary/aromatic N) is 2. The first kappa shape index (κ1) is 28.3. The number of benzene rings is 1. The highest BCUT2D eigenvalue weighted by Gasteiger charge is 2.79. The molecule has 2 unspecified atom stereocenters. The van der Waals surface area contributed by atoms with Crippen LogP contribution in [0.5, 0.6) is 0 Å². The molecule has 3 saturated heterocycles. The van der Waals surface area contributed by atoms with E-state index in [0.717, 1.165) is 24.8 Å². The summed E-state index contributed by atoms with van der Waals surface area (Å²) in [6.07, 6.45) is 6.12. The molecule has 3 fully saturated rings. The summed E-state index contributed by atoms with van der Waals surface area (Å²) in [6, 6.07) is 7.54. The Hall–Kier alpha value is -2.71. The number of likely N-dealkylation sites (tertiary alicyclic amines) is 1. The molecule has 0 aromatic heterocycles. The van der Waals surface area contributed by atoms with Crippen LogP contribution in [0.3, 0.4) is 0 Å². The van der Waals surface area contributed by atoms with Crippen molar-refractivity contribution in [3.63, 3.8) is 0 Å². The lowest BCUT2D eigenvalue weighted by Crippen LogP contribution is -2.57. The Labute approximate surface area is 226 Å². The summed E-state index contributed by atoms with van der Waals surface area (Å²) in [5.41, 5.74) is -1.27. The molecule has 1 aromatic rings. The highest BCUT2D eigenvalue weighted by Crippen LogP contribution is 2.65. The first-order valence-electron chi connectivity index (χ1n) is 14.1. The molecule has 0 radical (unpaired) electrons. The van der Waals surface area contributed by atoms with Gasteiger partial charge in [-0.3, -0.25) is 14.4 Å². The smallest absolute Gasteiger partial charge is 0.312 e. The minimum atomic E-state index is -1.16. The normalized spacial score (nSPS) is 30.3. The van der Waals surface area contributed by atoms with Crippen molar-refractivity contribution >= 4 is 17.8 Å². The number of carbonyl (C=O) groups excluding carboxylic acids is 3. The third-order valence-electron chi connectivity index (χ3n) is 8.78. The minimum absolute atomic E-state index is 0.197. The van der Waals surface area contributed by atoms with Crippen LogP contribution < -0.4 is 0 Å². The maximum absolute atomic E-state index is 14.5. The van der Waals surface area contributed by atoms with E-state index >= 15 is 0 Å². The third-order valence-corrected chi connectivity index (χ3v) is 8.78. The lowest BCUT2D eigenvalue weighted by atomic mass is 9.65. The monoisotopic (exact) mass is 526 g/mol. The van der Waals surface area contributed by atoms with Crippen LogP contribution in [0.4, 0.5) is 0 Å². The fraction of sp³-hybridized carbons (Fsp3) is 0.633. The number of unbranched alkanes of at least 4 members (excludes halogenated alkanes) is 2. The molecule has 2 bridgehead atoms. The molecule has 0 aliphatic carbocycles.